The molecule has 0 aliphatic rings. The second kappa shape index (κ2) is 6.09. The number of nitrogens with one attached hydrogen (secondary N) is 2. The molecule has 2 N–H and O–H groups in total. The summed E-state index contributed by atoms with van der Waals surface area (Å²) in [5.74, 6) is -0.0874. The number of hydrogen-bond acceptors (Lipinski definition) is 2. The average molecular weight is 333 g/mol. The van der Waals surface area contributed by atoms with E-state index < -0.39 is 0 Å². The van der Waals surface area contributed by atoms with Crippen molar-refractivity contribution in [1.82, 2.24) is 0 Å². The molecule has 0 heterocycles. The number of hydrogen-bond donors (Lipinski definition) is 2. The summed E-state index contributed by atoms with van der Waals surface area (Å²) in [6, 6.07) is 11.5. The number of carbonyl (C=O) groups excluding carboxylic acids is 1. The van der Waals surface area contributed by atoms with Gasteiger partial charge < -0.3 is 10.6 Å². The molecule has 0 radical (unpaired) electrons. The Bertz CT molecular complexity index is 653. The highest BCUT2D eigenvalue weighted by molar-refractivity contribution is 9.10. The smallest absolute Gasteiger partial charge is 0.255 e. The van der Waals surface area contributed by atoms with Crippen LogP contribution in [0.15, 0.2) is 40.9 Å². The van der Waals surface area contributed by atoms with Crippen LogP contribution in [0.5, 0.6) is 0 Å². The van der Waals surface area contributed by atoms with Crippen LogP contribution < -0.4 is 10.6 Å². The molecule has 0 spiro atoms. The van der Waals surface area contributed by atoms with E-state index in [1.165, 1.54) is 0 Å². The molecule has 20 heavy (non-hydrogen) atoms. The Morgan fingerprint density at radius 2 is 1.80 bits per heavy atom. The fraction of sp³-hybridized carbons (Fsp3) is 0.188. The molecule has 1 amide bonds. The largest absolute Gasteiger partial charge is 0.388 e. The van der Waals surface area contributed by atoms with Crippen LogP contribution in [0.1, 0.15) is 21.5 Å². The normalized spacial score (nSPS) is 10.2. The van der Waals surface area contributed by atoms with Gasteiger partial charge in [-0.3, -0.25) is 4.79 Å². The molecule has 0 fully saturated rings. The molecule has 0 aliphatic carbocycles. The van der Waals surface area contributed by atoms with Crippen molar-refractivity contribution in [3.63, 3.8) is 0 Å². The van der Waals surface area contributed by atoms with Gasteiger partial charge in [0.05, 0.1) is 0 Å². The third-order valence-corrected chi connectivity index (χ3v) is 3.69. The van der Waals surface area contributed by atoms with Crippen LogP contribution in [0.2, 0.25) is 0 Å². The zero-order valence-electron chi connectivity index (χ0n) is 11.8. The molecule has 0 aliphatic heterocycles. The molecule has 2 aromatic rings. The highest BCUT2D eigenvalue weighted by atomic mass is 79.9. The van der Waals surface area contributed by atoms with Gasteiger partial charge >= 0.3 is 0 Å². The van der Waals surface area contributed by atoms with Crippen LogP contribution >= 0.6 is 15.9 Å². The summed E-state index contributed by atoms with van der Waals surface area (Å²) in [6.07, 6.45) is 0. The third-order valence-electron chi connectivity index (χ3n) is 3.20. The van der Waals surface area contributed by atoms with E-state index in [2.05, 4.69) is 26.6 Å². The lowest BCUT2D eigenvalue weighted by molar-refractivity contribution is 0.102. The third kappa shape index (κ3) is 3.20. The molecule has 0 atom stereocenters. The first kappa shape index (κ1) is 14.6. The Morgan fingerprint density at radius 3 is 2.40 bits per heavy atom. The van der Waals surface area contributed by atoms with Crippen LogP contribution in [0.25, 0.3) is 0 Å². The number of rotatable bonds is 3. The van der Waals surface area contributed by atoms with Crippen molar-refractivity contribution < 1.29 is 4.79 Å². The van der Waals surface area contributed by atoms with Gasteiger partial charge in [-0.2, -0.15) is 0 Å². The first-order chi connectivity index (χ1) is 9.51. The minimum absolute atomic E-state index is 0.0874. The SMILES string of the molecule is CNc1ccc(C(=O)Nc2ccc(Br)cc2C)c(C)c1. The van der Waals surface area contributed by atoms with Gasteiger partial charge in [-0.15, -0.1) is 0 Å². The van der Waals surface area contributed by atoms with E-state index in [0.717, 1.165) is 27.0 Å². The molecule has 0 aromatic heterocycles. The highest BCUT2D eigenvalue weighted by Gasteiger charge is 2.10. The predicted octanol–water partition coefficient (Wildman–Crippen LogP) is 4.36. The van der Waals surface area contributed by atoms with Crippen molar-refractivity contribution in [3.05, 3.63) is 57.6 Å². The summed E-state index contributed by atoms with van der Waals surface area (Å²) >= 11 is 3.42. The molecule has 2 rings (SSSR count). The quantitative estimate of drug-likeness (QED) is 0.876. The monoisotopic (exact) mass is 332 g/mol. The minimum atomic E-state index is -0.0874. The molecular formula is C16H17BrN2O. The van der Waals surface area contributed by atoms with Crippen molar-refractivity contribution in [3.8, 4) is 0 Å². The molecule has 0 unspecified atom stereocenters. The van der Waals surface area contributed by atoms with E-state index in [9.17, 15) is 4.79 Å². The van der Waals surface area contributed by atoms with Crippen molar-refractivity contribution in [2.45, 2.75) is 13.8 Å². The standard InChI is InChI=1S/C16H17BrN2O/c1-10-9-13(18-3)5-6-14(10)16(20)19-15-7-4-12(17)8-11(15)2/h4-9,18H,1-3H3,(H,19,20). The van der Waals surface area contributed by atoms with Crippen molar-refractivity contribution in [2.24, 2.45) is 0 Å². The number of benzene rings is 2. The molecule has 4 heteroatoms. The second-order valence-electron chi connectivity index (χ2n) is 4.69. The lowest BCUT2D eigenvalue weighted by Crippen LogP contribution is -2.14. The first-order valence-corrected chi connectivity index (χ1v) is 7.16. The van der Waals surface area contributed by atoms with Gasteiger partial charge in [0.1, 0.15) is 0 Å². The highest BCUT2D eigenvalue weighted by Crippen LogP contribution is 2.22. The first-order valence-electron chi connectivity index (χ1n) is 6.37. The lowest BCUT2D eigenvalue weighted by atomic mass is 10.1. The summed E-state index contributed by atoms with van der Waals surface area (Å²) in [7, 11) is 1.86. The van der Waals surface area contributed by atoms with Gasteiger partial charge in [0.25, 0.3) is 5.91 Å². The van der Waals surface area contributed by atoms with Crippen LogP contribution in [-0.2, 0) is 0 Å². The molecule has 2 aromatic carbocycles. The maximum absolute atomic E-state index is 12.3. The van der Waals surface area contributed by atoms with Gasteiger partial charge in [0.15, 0.2) is 0 Å². The zero-order chi connectivity index (χ0) is 14.7. The Morgan fingerprint density at radius 1 is 1.05 bits per heavy atom. The maximum atomic E-state index is 12.3. The Labute approximate surface area is 127 Å². The fourth-order valence-corrected chi connectivity index (χ4v) is 2.51. The second-order valence-corrected chi connectivity index (χ2v) is 5.61. The Hall–Kier alpha value is -1.81. The van der Waals surface area contributed by atoms with Gasteiger partial charge in [-0.25, -0.2) is 0 Å². The van der Waals surface area contributed by atoms with Gasteiger partial charge in [0.2, 0.25) is 0 Å². The summed E-state index contributed by atoms with van der Waals surface area (Å²) in [5.41, 5.74) is 4.49. The van der Waals surface area contributed by atoms with E-state index in [-0.39, 0.29) is 5.91 Å². The summed E-state index contributed by atoms with van der Waals surface area (Å²) in [6.45, 7) is 3.90. The van der Waals surface area contributed by atoms with E-state index in [0.29, 0.717) is 5.56 Å². The summed E-state index contributed by atoms with van der Waals surface area (Å²) in [4.78, 5) is 12.3. The van der Waals surface area contributed by atoms with Gasteiger partial charge in [-0.1, -0.05) is 15.9 Å². The summed E-state index contributed by atoms with van der Waals surface area (Å²) < 4.78 is 1.00. The van der Waals surface area contributed by atoms with Crippen molar-refractivity contribution >= 4 is 33.2 Å². The van der Waals surface area contributed by atoms with E-state index >= 15 is 0 Å². The molecule has 3 nitrogen and oxygen atoms in total. The number of aryl methyl sites for hydroxylation is 2. The van der Waals surface area contributed by atoms with Crippen molar-refractivity contribution in [1.29, 1.82) is 0 Å². The molecule has 0 saturated heterocycles. The van der Waals surface area contributed by atoms with E-state index in [1.54, 1.807) is 0 Å². The Balaban J connectivity index is 2.24. The Kier molecular flexibility index (Phi) is 4.45. The van der Waals surface area contributed by atoms with E-state index in [1.807, 2.05) is 57.3 Å². The van der Waals surface area contributed by atoms with Crippen molar-refractivity contribution in [2.75, 3.05) is 17.7 Å². The number of carbonyl (C=O) groups is 1. The van der Waals surface area contributed by atoms with Crippen LogP contribution in [0.3, 0.4) is 0 Å². The van der Waals surface area contributed by atoms with Crippen LogP contribution in [0, 0.1) is 13.8 Å². The van der Waals surface area contributed by atoms with Gasteiger partial charge in [-0.05, 0) is 61.4 Å². The minimum Gasteiger partial charge on any atom is -0.388 e. The average Bonchev–Trinajstić information content (AvgIpc) is 2.41. The lowest BCUT2D eigenvalue weighted by Gasteiger charge is -2.11. The van der Waals surface area contributed by atoms with Crippen LogP contribution in [-0.4, -0.2) is 13.0 Å². The zero-order valence-corrected chi connectivity index (χ0v) is 13.3. The number of anilines is 2. The predicted molar refractivity (Wildman–Crippen MR) is 87.6 cm³/mol. The molecule has 0 bridgehead atoms. The van der Waals surface area contributed by atoms with Gasteiger partial charge in [0, 0.05) is 28.5 Å². The number of amides is 1. The molecular weight excluding hydrogens is 316 g/mol. The molecule has 0 saturated carbocycles. The summed E-state index contributed by atoms with van der Waals surface area (Å²) in [5, 5.41) is 6.01. The molecule has 104 valence electrons. The fourth-order valence-electron chi connectivity index (χ4n) is 2.03. The van der Waals surface area contributed by atoms with E-state index in [4.69, 9.17) is 0 Å². The topological polar surface area (TPSA) is 41.1 Å². The maximum Gasteiger partial charge on any atom is 0.255 e. The number of halogens is 1. The van der Waals surface area contributed by atoms with Crippen LogP contribution in [0.4, 0.5) is 11.4 Å².